The van der Waals surface area contributed by atoms with Gasteiger partial charge in [0.2, 0.25) is 0 Å². The van der Waals surface area contributed by atoms with Crippen molar-refractivity contribution >= 4 is 27.9 Å². The van der Waals surface area contributed by atoms with Crippen molar-refractivity contribution in [2.24, 2.45) is 5.73 Å². The number of aryl methyl sites for hydroxylation is 1. The average Bonchev–Trinajstić information content (AvgIpc) is 3.43. The molecular weight excluding hydrogens is 517 g/mol. The predicted molar refractivity (Wildman–Crippen MR) is 136 cm³/mol. The van der Waals surface area contributed by atoms with Crippen molar-refractivity contribution in [3.8, 4) is 5.75 Å². The van der Waals surface area contributed by atoms with Crippen LogP contribution in [0.2, 0.25) is 0 Å². The van der Waals surface area contributed by atoms with Gasteiger partial charge in [-0.2, -0.15) is 0 Å². The molecule has 0 spiro atoms. The molecule has 1 aliphatic rings. The number of esters is 2. The topological polar surface area (TPSA) is 145 Å². The SMILES string of the molecule is Cc1ccc(S(=O)(=O)N(C(=O)COc2ccc(F)cc2)[C@@H](CCCCN)C(=O)OC(=O)[C@@H]2CCCN2)cc1. The van der Waals surface area contributed by atoms with Crippen molar-refractivity contribution in [2.75, 3.05) is 19.7 Å². The first-order valence-corrected chi connectivity index (χ1v) is 13.8. The van der Waals surface area contributed by atoms with Gasteiger partial charge in [-0.15, -0.1) is 0 Å². The highest BCUT2D eigenvalue weighted by atomic mass is 32.2. The Hall–Kier alpha value is -3.35. The standard InChI is InChI=1S/C26H32FN3O7S/c1-18-7-13-21(14-8-18)38(34,35)30(24(31)17-36-20-11-9-19(27)10-12-20)23(6-2-3-15-28)26(33)37-25(32)22-5-4-16-29-22/h7-14,22-23,29H,2-6,15-17,28H2,1H3/t22-,23-/m0/s1. The number of amides is 1. The fourth-order valence-electron chi connectivity index (χ4n) is 3.98. The fraction of sp³-hybridized carbons (Fsp3) is 0.423. The van der Waals surface area contributed by atoms with Crippen molar-refractivity contribution in [1.29, 1.82) is 0 Å². The van der Waals surface area contributed by atoms with Gasteiger partial charge in [-0.25, -0.2) is 26.7 Å². The molecular formula is C26H32FN3O7S. The molecule has 1 amide bonds. The van der Waals surface area contributed by atoms with Crippen LogP contribution in [0.1, 0.15) is 37.7 Å². The smallest absolute Gasteiger partial charge is 0.337 e. The first-order chi connectivity index (χ1) is 18.1. The van der Waals surface area contributed by atoms with Gasteiger partial charge in [0.25, 0.3) is 15.9 Å². The minimum absolute atomic E-state index is 0.116. The number of hydrogen-bond donors (Lipinski definition) is 2. The summed E-state index contributed by atoms with van der Waals surface area (Å²) in [5.74, 6) is -3.45. The molecule has 38 heavy (non-hydrogen) atoms. The van der Waals surface area contributed by atoms with Crippen molar-refractivity contribution < 1.29 is 36.7 Å². The van der Waals surface area contributed by atoms with Gasteiger partial charge >= 0.3 is 11.9 Å². The molecule has 1 saturated heterocycles. The highest BCUT2D eigenvalue weighted by Gasteiger charge is 2.42. The van der Waals surface area contributed by atoms with Crippen LogP contribution in [-0.4, -0.2) is 62.3 Å². The lowest BCUT2D eigenvalue weighted by Gasteiger charge is -2.29. The number of carbonyl (C=O) groups excluding carboxylic acids is 3. The molecule has 0 aromatic heterocycles. The molecule has 0 unspecified atom stereocenters. The zero-order chi connectivity index (χ0) is 27.7. The van der Waals surface area contributed by atoms with E-state index in [0.29, 0.717) is 23.7 Å². The first kappa shape index (κ1) is 29.2. The summed E-state index contributed by atoms with van der Waals surface area (Å²) in [6.07, 6.45) is 1.81. The third kappa shape index (κ3) is 7.59. The maximum Gasteiger partial charge on any atom is 0.337 e. The zero-order valence-electron chi connectivity index (χ0n) is 21.1. The van der Waals surface area contributed by atoms with Crippen LogP contribution in [-0.2, 0) is 29.1 Å². The highest BCUT2D eigenvalue weighted by molar-refractivity contribution is 7.89. The van der Waals surface area contributed by atoms with E-state index >= 15 is 0 Å². The second-order valence-corrected chi connectivity index (χ2v) is 10.8. The van der Waals surface area contributed by atoms with E-state index in [4.69, 9.17) is 15.2 Å². The second-order valence-electron chi connectivity index (χ2n) is 8.94. The molecule has 206 valence electrons. The van der Waals surface area contributed by atoms with Gasteiger partial charge in [-0.05, 0) is 88.5 Å². The largest absolute Gasteiger partial charge is 0.484 e. The van der Waals surface area contributed by atoms with E-state index in [9.17, 15) is 27.2 Å². The summed E-state index contributed by atoms with van der Waals surface area (Å²) in [7, 11) is -4.58. The molecule has 0 radical (unpaired) electrons. The number of nitrogens with zero attached hydrogens (tertiary/aromatic N) is 1. The molecule has 2 atom stereocenters. The lowest BCUT2D eigenvalue weighted by Crippen LogP contribution is -2.51. The Bertz CT molecular complexity index is 1210. The van der Waals surface area contributed by atoms with Crippen LogP contribution in [0.5, 0.6) is 5.75 Å². The van der Waals surface area contributed by atoms with Crippen LogP contribution >= 0.6 is 0 Å². The fourth-order valence-corrected chi connectivity index (χ4v) is 5.53. The first-order valence-electron chi connectivity index (χ1n) is 12.3. The lowest BCUT2D eigenvalue weighted by atomic mass is 10.1. The van der Waals surface area contributed by atoms with Gasteiger partial charge in [-0.1, -0.05) is 17.7 Å². The van der Waals surface area contributed by atoms with Gasteiger partial charge < -0.3 is 20.5 Å². The molecule has 3 N–H and O–H groups in total. The van der Waals surface area contributed by atoms with E-state index in [1.807, 2.05) is 0 Å². The third-order valence-electron chi connectivity index (χ3n) is 6.03. The molecule has 0 saturated carbocycles. The number of rotatable bonds is 12. The van der Waals surface area contributed by atoms with Gasteiger partial charge in [0.05, 0.1) is 4.90 Å². The monoisotopic (exact) mass is 549 g/mol. The summed E-state index contributed by atoms with van der Waals surface area (Å²) in [5.41, 5.74) is 6.37. The summed E-state index contributed by atoms with van der Waals surface area (Å²) in [5, 5.41) is 2.92. The zero-order valence-corrected chi connectivity index (χ0v) is 21.9. The highest BCUT2D eigenvalue weighted by Crippen LogP contribution is 2.24. The van der Waals surface area contributed by atoms with Crippen LogP contribution in [0, 0.1) is 12.7 Å². The van der Waals surface area contributed by atoms with Crippen molar-refractivity contribution in [1.82, 2.24) is 9.62 Å². The Kier molecular flexibility index (Phi) is 10.3. The Morgan fingerprint density at radius 2 is 1.79 bits per heavy atom. The van der Waals surface area contributed by atoms with Crippen molar-refractivity contribution in [2.45, 2.75) is 56.0 Å². The van der Waals surface area contributed by atoms with Crippen LogP contribution in [0.3, 0.4) is 0 Å². The summed E-state index contributed by atoms with van der Waals surface area (Å²) in [6, 6.07) is 8.23. The Morgan fingerprint density at radius 1 is 1.11 bits per heavy atom. The summed E-state index contributed by atoms with van der Waals surface area (Å²) >= 11 is 0. The number of nitrogens with one attached hydrogen (secondary N) is 1. The summed E-state index contributed by atoms with van der Waals surface area (Å²) in [4.78, 5) is 39.0. The quantitative estimate of drug-likeness (QED) is 0.231. The van der Waals surface area contributed by atoms with E-state index in [1.165, 1.54) is 24.3 Å². The number of hydrogen-bond acceptors (Lipinski definition) is 9. The van der Waals surface area contributed by atoms with E-state index in [2.05, 4.69) is 5.32 Å². The Balaban J connectivity index is 1.95. The van der Waals surface area contributed by atoms with Crippen LogP contribution in [0.4, 0.5) is 4.39 Å². The minimum atomic E-state index is -4.58. The van der Waals surface area contributed by atoms with Crippen molar-refractivity contribution in [3.63, 3.8) is 0 Å². The molecule has 1 fully saturated rings. The molecule has 0 aliphatic carbocycles. The van der Waals surface area contributed by atoms with E-state index in [-0.39, 0.29) is 30.0 Å². The van der Waals surface area contributed by atoms with E-state index in [1.54, 1.807) is 19.1 Å². The number of halogens is 1. The van der Waals surface area contributed by atoms with Crippen LogP contribution < -0.4 is 15.8 Å². The molecule has 1 aliphatic heterocycles. The predicted octanol–water partition coefficient (Wildman–Crippen LogP) is 2.05. The maximum atomic E-state index is 13.7. The number of unbranched alkanes of at least 4 members (excludes halogenated alkanes) is 1. The Labute approximate surface area is 221 Å². The van der Waals surface area contributed by atoms with Gasteiger partial charge in [0.1, 0.15) is 23.7 Å². The lowest BCUT2D eigenvalue weighted by molar-refractivity contribution is -0.165. The van der Waals surface area contributed by atoms with Crippen molar-refractivity contribution in [3.05, 3.63) is 59.9 Å². The minimum Gasteiger partial charge on any atom is -0.484 e. The van der Waals surface area contributed by atoms with Gasteiger partial charge in [-0.3, -0.25) is 4.79 Å². The third-order valence-corrected chi connectivity index (χ3v) is 7.88. The number of nitrogens with two attached hydrogens (primary N) is 1. The second kappa shape index (κ2) is 13.4. The summed E-state index contributed by atoms with van der Waals surface area (Å²) < 4.78 is 51.6. The van der Waals surface area contributed by atoms with Gasteiger partial charge in [0.15, 0.2) is 6.61 Å². The van der Waals surface area contributed by atoms with Gasteiger partial charge in [0, 0.05) is 0 Å². The molecule has 2 aromatic carbocycles. The number of benzene rings is 2. The average molecular weight is 550 g/mol. The molecule has 1 heterocycles. The van der Waals surface area contributed by atoms with Crippen LogP contribution in [0.25, 0.3) is 0 Å². The summed E-state index contributed by atoms with van der Waals surface area (Å²) in [6.45, 7) is 1.86. The molecule has 0 bridgehead atoms. The number of ether oxygens (including phenoxy) is 2. The molecule has 10 nitrogen and oxygen atoms in total. The maximum absolute atomic E-state index is 13.7. The van der Waals surface area contributed by atoms with Crippen LogP contribution in [0.15, 0.2) is 53.4 Å². The molecule has 3 rings (SSSR count). The Morgan fingerprint density at radius 3 is 2.39 bits per heavy atom. The van der Waals surface area contributed by atoms with E-state index in [0.717, 1.165) is 24.1 Å². The molecule has 12 heteroatoms. The molecule has 2 aromatic rings. The number of carbonyl (C=O) groups is 3. The normalized spacial score (nSPS) is 16.0. The van der Waals surface area contributed by atoms with E-state index < -0.39 is 52.4 Å². The number of sulfonamides is 1.